The van der Waals surface area contributed by atoms with Crippen LogP contribution in [-0.2, 0) is 4.84 Å². The minimum absolute atomic E-state index is 0.728. The molecule has 0 saturated heterocycles. The van der Waals surface area contributed by atoms with E-state index in [1.807, 2.05) is 0 Å². The van der Waals surface area contributed by atoms with Crippen molar-refractivity contribution in [2.75, 3.05) is 13.2 Å². The van der Waals surface area contributed by atoms with Crippen LogP contribution in [0.1, 0.15) is 26.2 Å². The molecule has 0 aromatic rings. The van der Waals surface area contributed by atoms with Gasteiger partial charge in [-0.05, 0) is 6.42 Å². The fourth-order valence-corrected chi connectivity index (χ4v) is 0.614. The van der Waals surface area contributed by atoms with Crippen LogP contribution in [0.3, 0.4) is 0 Å². The van der Waals surface area contributed by atoms with Gasteiger partial charge in [0.15, 0.2) is 0 Å². The molecule has 0 aliphatic rings. The summed E-state index contributed by atoms with van der Waals surface area (Å²) in [4.78, 5) is 5.05. The molecule has 0 fully saturated rings. The lowest BCUT2D eigenvalue weighted by Gasteiger charge is -2.01. The van der Waals surface area contributed by atoms with Crippen molar-refractivity contribution < 1.29 is 4.84 Å². The highest BCUT2D eigenvalue weighted by atomic mass is 16.6. The molecular weight excluding hydrogens is 126 g/mol. The predicted molar refractivity (Wildman–Crippen MR) is 43.7 cm³/mol. The number of unbranched alkanes of at least 4 members (excludes halogenated alkanes) is 2. The zero-order chi connectivity index (χ0) is 7.66. The van der Waals surface area contributed by atoms with Crippen molar-refractivity contribution in [3.63, 3.8) is 0 Å². The van der Waals surface area contributed by atoms with Crippen LogP contribution in [0.15, 0.2) is 12.7 Å². The molecule has 0 saturated carbocycles. The molecule has 0 aromatic heterocycles. The van der Waals surface area contributed by atoms with Gasteiger partial charge in [-0.3, -0.25) is 0 Å². The maximum absolute atomic E-state index is 5.05. The molecule has 10 heavy (non-hydrogen) atoms. The van der Waals surface area contributed by atoms with E-state index >= 15 is 0 Å². The van der Waals surface area contributed by atoms with Crippen molar-refractivity contribution in [1.82, 2.24) is 5.48 Å². The molecule has 0 radical (unpaired) electrons. The summed E-state index contributed by atoms with van der Waals surface area (Å²) in [6, 6.07) is 0. The summed E-state index contributed by atoms with van der Waals surface area (Å²) >= 11 is 0. The average molecular weight is 143 g/mol. The van der Waals surface area contributed by atoms with Crippen molar-refractivity contribution in [3.05, 3.63) is 12.7 Å². The number of hydroxylamine groups is 1. The van der Waals surface area contributed by atoms with Gasteiger partial charge in [0.2, 0.25) is 0 Å². The number of hydrogen-bond donors (Lipinski definition) is 1. The molecule has 0 bridgehead atoms. The summed E-state index contributed by atoms with van der Waals surface area (Å²) in [7, 11) is 0. The molecule has 0 aliphatic heterocycles. The normalized spacial score (nSPS) is 9.70. The molecule has 0 atom stereocenters. The third-order valence-corrected chi connectivity index (χ3v) is 1.18. The average Bonchev–Trinajstić information content (AvgIpc) is 1.97. The number of nitrogens with one attached hydrogen (secondary N) is 1. The number of rotatable bonds is 7. The Morgan fingerprint density at radius 1 is 1.50 bits per heavy atom. The van der Waals surface area contributed by atoms with Crippen molar-refractivity contribution in [1.29, 1.82) is 0 Å². The van der Waals surface area contributed by atoms with Crippen LogP contribution in [-0.4, -0.2) is 13.2 Å². The quantitative estimate of drug-likeness (QED) is 0.334. The first kappa shape index (κ1) is 9.66. The van der Waals surface area contributed by atoms with E-state index in [4.69, 9.17) is 4.84 Å². The van der Waals surface area contributed by atoms with Crippen molar-refractivity contribution >= 4 is 0 Å². The first-order valence-electron chi connectivity index (χ1n) is 3.87. The standard InChI is InChI=1S/C8H17NO/c1-3-5-6-8-10-9-7-4-2/h4,9H,2-3,5-8H2,1H3. The Bertz CT molecular complexity index is 73.7. The lowest BCUT2D eigenvalue weighted by molar-refractivity contribution is 0.0460. The maximum Gasteiger partial charge on any atom is 0.0682 e. The molecule has 0 spiro atoms. The SMILES string of the molecule is C=CCNOCCCCC. The molecular formula is C8H17NO. The van der Waals surface area contributed by atoms with E-state index in [0.717, 1.165) is 19.6 Å². The predicted octanol–water partition coefficient (Wildman–Crippen LogP) is 1.88. The molecule has 2 heteroatoms. The van der Waals surface area contributed by atoms with Crippen molar-refractivity contribution in [2.24, 2.45) is 0 Å². The highest BCUT2D eigenvalue weighted by Crippen LogP contribution is 1.92. The summed E-state index contributed by atoms with van der Waals surface area (Å²) in [6.45, 7) is 7.27. The van der Waals surface area contributed by atoms with Crippen LogP contribution in [0.2, 0.25) is 0 Å². The highest BCUT2D eigenvalue weighted by Gasteiger charge is 1.84. The van der Waals surface area contributed by atoms with Gasteiger partial charge < -0.3 is 4.84 Å². The lowest BCUT2D eigenvalue weighted by Crippen LogP contribution is -2.14. The van der Waals surface area contributed by atoms with E-state index in [1.165, 1.54) is 12.8 Å². The second-order valence-corrected chi connectivity index (χ2v) is 2.19. The van der Waals surface area contributed by atoms with E-state index in [9.17, 15) is 0 Å². The van der Waals surface area contributed by atoms with E-state index in [2.05, 4.69) is 19.0 Å². The Hall–Kier alpha value is -0.340. The van der Waals surface area contributed by atoms with Crippen LogP contribution >= 0.6 is 0 Å². The van der Waals surface area contributed by atoms with Crippen LogP contribution in [0, 0.1) is 0 Å². The van der Waals surface area contributed by atoms with Crippen LogP contribution in [0.25, 0.3) is 0 Å². The van der Waals surface area contributed by atoms with Gasteiger partial charge in [-0.25, -0.2) is 0 Å². The molecule has 0 rings (SSSR count). The molecule has 2 nitrogen and oxygen atoms in total. The largest absolute Gasteiger partial charge is 0.302 e. The smallest absolute Gasteiger partial charge is 0.0682 e. The summed E-state index contributed by atoms with van der Waals surface area (Å²) in [5.74, 6) is 0. The van der Waals surface area contributed by atoms with Crippen LogP contribution in [0.4, 0.5) is 0 Å². The Kier molecular flexibility index (Phi) is 8.37. The van der Waals surface area contributed by atoms with Gasteiger partial charge in [0.1, 0.15) is 0 Å². The minimum atomic E-state index is 0.728. The van der Waals surface area contributed by atoms with Gasteiger partial charge >= 0.3 is 0 Å². The van der Waals surface area contributed by atoms with Gasteiger partial charge in [0, 0.05) is 6.54 Å². The molecule has 60 valence electrons. The molecule has 0 heterocycles. The van der Waals surface area contributed by atoms with Crippen molar-refractivity contribution in [2.45, 2.75) is 26.2 Å². The Morgan fingerprint density at radius 2 is 2.30 bits per heavy atom. The first-order chi connectivity index (χ1) is 4.91. The summed E-state index contributed by atoms with van der Waals surface area (Å²) in [6.07, 6.45) is 5.40. The fourth-order valence-electron chi connectivity index (χ4n) is 0.614. The zero-order valence-electron chi connectivity index (χ0n) is 6.73. The second-order valence-electron chi connectivity index (χ2n) is 2.19. The van der Waals surface area contributed by atoms with Crippen LogP contribution in [0.5, 0.6) is 0 Å². The Morgan fingerprint density at radius 3 is 2.90 bits per heavy atom. The van der Waals surface area contributed by atoms with Gasteiger partial charge in [-0.1, -0.05) is 25.8 Å². The Balaban J connectivity index is 2.70. The minimum Gasteiger partial charge on any atom is -0.302 e. The van der Waals surface area contributed by atoms with Gasteiger partial charge in [-0.2, -0.15) is 5.48 Å². The molecule has 0 aliphatic carbocycles. The Labute approximate surface area is 63.2 Å². The van der Waals surface area contributed by atoms with Gasteiger partial charge in [0.25, 0.3) is 0 Å². The summed E-state index contributed by atoms with van der Waals surface area (Å²) in [5.41, 5.74) is 2.78. The first-order valence-corrected chi connectivity index (χ1v) is 3.87. The molecule has 1 N–H and O–H groups in total. The second kappa shape index (κ2) is 8.66. The van der Waals surface area contributed by atoms with E-state index in [0.29, 0.717) is 0 Å². The topological polar surface area (TPSA) is 21.3 Å². The third-order valence-electron chi connectivity index (χ3n) is 1.18. The van der Waals surface area contributed by atoms with Crippen LogP contribution < -0.4 is 5.48 Å². The summed E-state index contributed by atoms with van der Waals surface area (Å²) in [5, 5.41) is 0. The van der Waals surface area contributed by atoms with Gasteiger partial charge in [0.05, 0.1) is 6.61 Å². The monoisotopic (exact) mass is 143 g/mol. The lowest BCUT2D eigenvalue weighted by atomic mass is 10.3. The molecule has 0 amide bonds. The van der Waals surface area contributed by atoms with Gasteiger partial charge in [-0.15, -0.1) is 6.58 Å². The fraction of sp³-hybridized carbons (Fsp3) is 0.750. The molecule has 0 aromatic carbocycles. The molecule has 0 unspecified atom stereocenters. The van der Waals surface area contributed by atoms with E-state index in [-0.39, 0.29) is 0 Å². The van der Waals surface area contributed by atoms with E-state index < -0.39 is 0 Å². The van der Waals surface area contributed by atoms with E-state index in [1.54, 1.807) is 6.08 Å². The van der Waals surface area contributed by atoms with Crippen molar-refractivity contribution in [3.8, 4) is 0 Å². The highest BCUT2D eigenvalue weighted by molar-refractivity contribution is 4.65. The zero-order valence-corrected chi connectivity index (χ0v) is 6.73. The maximum atomic E-state index is 5.05. The summed E-state index contributed by atoms with van der Waals surface area (Å²) < 4.78 is 0. The third kappa shape index (κ3) is 7.66. The number of hydrogen-bond acceptors (Lipinski definition) is 2.